The van der Waals surface area contributed by atoms with Gasteiger partial charge in [0.05, 0.1) is 24.2 Å². The third kappa shape index (κ3) is 4.16. The highest BCUT2D eigenvalue weighted by atomic mass is 79.9. The van der Waals surface area contributed by atoms with E-state index in [1.807, 2.05) is 6.07 Å². The highest BCUT2D eigenvalue weighted by Crippen LogP contribution is 2.42. The minimum atomic E-state index is -0.467. The molecule has 33 heavy (non-hydrogen) atoms. The molecule has 5 rings (SSSR count). The number of halogens is 2. The molecule has 1 atom stereocenters. The van der Waals surface area contributed by atoms with Gasteiger partial charge in [0.1, 0.15) is 5.82 Å². The van der Waals surface area contributed by atoms with Crippen molar-refractivity contribution in [3.63, 3.8) is 0 Å². The number of imidazole rings is 1. The first-order valence-corrected chi connectivity index (χ1v) is 12.6. The molecular weight excluding hydrogens is 485 g/mol. The molecule has 0 radical (unpaired) electrons. The van der Waals surface area contributed by atoms with Gasteiger partial charge in [0.2, 0.25) is 5.91 Å². The Hall–Kier alpha value is -2.41. The second-order valence-corrected chi connectivity index (χ2v) is 10.3. The van der Waals surface area contributed by atoms with Gasteiger partial charge in [-0.2, -0.15) is 0 Å². The van der Waals surface area contributed by atoms with Crippen LogP contribution in [0.3, 0.4) is 0 Å². The number of rotatable bonds is 4. The Bertz CT molecular complexity index is 1190. The number of nitrogens with zero attached hydrogens (tertiary/aromatic N) is 3. The van der Waals surface area contributed by atoms with Crippen molar-refractivity contribution in [1.29, 1.82) is 0 Å². The summed E-state index contributed by atoms with van der Waals surface area (Å²) in [6.07, 6.45) is 6.65. The predicted molar refractivity (Wildman–Crippen MR) is 131 cm³/mol. The maximum absolute atomic E-state index is 14.6. The third-order valence-corrected chi connectivity index (χ3v) is 7.68. The highest BCUT2D eigenvalue weighted by Gasteiger charge is 2.36. The smallest absolute Gasteiger partial charge is 0.227 e. The van der Waals surface area contributed by atoms with Crippen LogP contribution in [0.15, 0.2) is 40.9 Å². The Morgan fingerprint density at radius 3 is 2.61 bits per heavy atom. The fraction of sp³-hybridized carbons (Fsp3) is 0.462. The van der Waals surface area contributed by atoms with Crippen LogP contribution >= 0.6 is 15.9 Å². The molecule has 1 aromatic heterocycles. The van der Waals surface area contributed by atoms with Gasteiger partial charge in [-0.1, -0.05) is 22.9 Å². The molecule has 2 heterocycles. The largest absolute Gasteiger partial charge is 0.494 e. The van der Waals surface area contributed by atoms with Crippen molar-refractivity contribution in [3.8, 4) is 5.75 Å². The first-order chi connectivity index (χ1) is 16.0. The molecule has 1 saturated carbocycles. The standard InChI is InChI=1S/C26H29BrFN3O2/c1-16-6-9-18(10-7-16)31-22-12-8-17(27)14-21(22)29-26(31)23-4-3-5-25(32)30(23)19-11-13-24(33-2)20(28)15-19/h8,11-16,18,23H,3-7,9-10H2,1-2H3/t16-,18-,23-/m0/s1. The summed E-state index contributed by atoms with van der Waals surface area (Å²) in [7, 11) is 1.44. The van der Waals surface area contributed by atoms with Crippen LogP contribution in [-0.2, 0) is 4.79 Å². The Balaban J connectivity index is 1.63. The van der Waals surface area contributed by atoms with E-state index in [4.69, 9.17) is 9.72 Å². The van der Waals surface area contributed by atoms with Crippen LogP contribution in [0.4, 0.5) is 10.1 Å². The number of fused-ring (bicyclic) bond motifs is 1. The summed E-state index contributed by atoms with van der Waals surface area (Å²) < 4.78 is 23.0. The maximum atomic E-state index is 14.6. The molecule has 1 saturated heterocycles. The molecule has 1 aliphatic carbocycles. The van der Waals surface area contributed by atoms with E-state index in [9.17, 15) is 9.18 Å². The molecule has 0 N–H and O–H groups in total. The van der Waals surface area contributed by atoms with Gasteiger partial charge in [-0.3, -0.25) is 4.79 Å². The molecule has 0 unspecified atom stereocenters. The Morgan fingerprint density at radius 1 is 1.09 bits per heavy atom. The summed E-state index contributed by atoms with van der Waals surface area (Å²) in [6.45, 7) is 2.32. The first kappa shape index (κ1) is 22.4. The zero-order valence-corrected chi connectivity index (χ0v) is 20.6. The van der Waals surface area contributed by atoms with E-state index >= 15 is 0 Å². The van der Waals surface area contributed by atoms with Crippen LogP contribution < -0.4 is 9.64 Å². The van der Waals surface area contributed by atoms with Gasteiger partial charge in [0, 0.05) is 28.7 Å². The summed E-state index contributed by atoms with van der Waals surface area (Å²) in [4.78, 5) is 20.0. The third-order valence-electron chi connectivity index (χ3n) is 7.19. The lowest BCUT2D eigenvalue weighted by atomic mass is 9.87. The van der Waals surface area contributed by atoms with E-state index in [0.29, 0.717) is 18.2 Å². The lowest BCUT2D eigenvalue weighted by Gasteiger charge is -2.37. The first-order valence-electron chi connectivity index (χ1n) is 11.8. The van der Waals surface area contributed by atoms with Crippen molar-refractivity contribution in [3.05, 3.63) is 52.5 Å². The maximum Gasteiger partial charge on any atom is 0.227 e. The van der Waals surface area contributed by atoms with Gasteiger partial charge in [-0.05, 0) is 74.8 Å². The van der Waals surface area contributed by atoms with E-state index in [0.717, 1.165) is 52.9 Å². The average Bonchev–Trinajstić information content (AvgIpc) is 3.17. The van der Waals surface area contributed by atoms with Gasteiger partial charge in [0.25, 0.3) is 0 Å². The summed E-state index contributed by atoms with van der Waals surface area (Å²) in [6, 6.07) is 11.1. The molecule has 2 fully saturated rings. The van der Waals surface area contributed by atoms with Gasteiger partial charge in [0.15, 0.2) is 11.6 Å². The molecule has 0 bridgehead atoms. The minimum Gasteiger partial charge on any atom is -0.494 e. The van der Waals surface area contributed by atoms with Crippen molar-refractivity contribution in [2.45, 2.75) is 64.0 Å². The number of hydrogen-bond acceptors (Lipinski definition) is 3. The summed E-state index contributed by atoms with van der Waals surface area (Å²) in [5.74, 6) is 1.36. The normalized spacial score (nSPS) is 23.8. The highest BCUT2D eigenvalue weighted by molar-refractivity contribution is 9.10. The molecule has 1 amide bonds. The molecular formula is C26H29BrFN3O2. The zero-order valence-electron chi connectivity index (χ0n) is 19.1. The van der Waals surface area contributed by atoms with E-state index < -0.39 is 5.82 Å². The van der Waals surface area contributed by atoms with E-state index in [1.165, 1.54) is 26.0 Å². The van der Waals surface area contributed by atoms with Crippen LogP contribution in [-0.4, -0.2) is 22.6 Å². The Labute approximate surface area is 202 Å². The van der Waals surface area contributed by atoms with Crippen molar-refractivity contribution in [1.82, 2.24) is 9.55 Å². The number of methoxy groups -OCH3 is 1. The minimum absolute atomic E-state index is 0.00729. The van der Waals surface area contributed by atoms with Gasteiger partial charge >= 0.3 is 0 Å². The SMILES string of the molecule is COc1ccc(N2C(=O)CCC[C@H]2c2nc3cc(Br)ccc3n2[C@H]2CC[C@H](C)CC2)cc1F. The van der Waals surface area contributed by atoms with Crippen LogP contribution in [0.5, 0.6) is 5.75 Å². The van der Waals surface area contributed by atoms with Crippen LogP contribution in [0.1, 0.15) is 69.8 Å². The van der Waals surface area contributed by atoms with Gasteiger partial charge in [-0.15, -0.1) is 0 Å². The fourth-order valence-electron chi connectivity index (χ4n) is 5.45. The molecule has 3 aromatic rings. The quantitative estimate of drug-likeness (QED) is 0.378. The second kappa shape index (κ2) is 9.09. The molecule has 7 heteroatoms. The van der Waals surface area contributed by atoms with Crippen LogP contribution in [0, 0.1) is 11.7 Å². The molecule has 2 aromatic carbocycles. The monoisotopic (exact) mass is 513 g/mol. The summed E-state index contributed by atoms with van der Waals surface area (Å²) in [5.41, 5.74) is 2.59. The number of ether oxygens (including phenoxy) is 1. The topological polar surface area (TPSA) is 47.4 Å². The van der Waals surface area contributed by atoms with E-state index in [1.54, 1.807) is 17.0 Å². The summed E-state index contributed by atoms with van der Waals surface area (Å²) >= 11 is 3.58. The molecule has 0 spiro atoms. The van der Waals surface area contributed by atoms with Crippen molar-refractivity contribution >= 4 is 38.6 Å². The van der Waals surface area contributed by atoms with E-state index in [2.05, 4.69) is 39.6 Å². The van der Waals surface area contributed by atoms with Crippen LogP contribution in [0.25, 0.3) is 11.0 Å². The summed E-state index contributed by atoms with van der Waals surface area (Å²) in [5, 5.41) is 0. The van der Waals surface area contributed by atoms with E-state index in [-0.39, 0.29) is 17.7 Å². The number of aromatic nitrogens is 2. The number of amides is 1. The van der Waals surface area contributed by atoms with Gasteiger partial charge < -0.3 is 14.2 Å². The molecule has 174 valence electrons. The number of carbonyl (C=O) groups excluding carboxylic acids is 1. The van der Waals surface area contributed by atoms with Crippen molar-refractivity contribution in [2.75, 3.05) is 12.0 Å². The second-order valence-electron chi connectivity index (χ2n) is 9.38. The number of carbonyl (C=O) groups is 1. The number of anilines is 1. The number of piperidine rings is 1. The van der Waals surface area contributed by atoms with Crippen molar-refractivity contribution in [2.24, 2.45) is 5.92 Å². The average molecular weight is 514 g/mol. The number of hydrogen-bond donors (Lipinski definition) is 0. The lowest BCUT2D eigenvalue weighted by Crippen LogP contribution is -2.40. The fourth-order valence-corrected chi connectivity index (χ4v) is 5.80. The molecule has 2 aliphatic rings. The van der Waals surface area contributed by atoms with Crippen molar-refractivity contribution < 1.29 is 13.9 Å². The lowest BCUT2D eigenvalue weighted by molar-refractivity contribution is -0.120. The molecule has 5 nitrogen and oxygen atoms in total. The number of benzene rings is 2. The molecule has 1 aliphatic heterocycles. The van der Waals surface area contributed by atoms with Gasteiger partial charge in [-0.25, -0.2) is 9.37 Å². The Kier molecular flexibility index (Phi) is 6.16. The Morgan fingerprint density at radius 2 is 1.88 bits per heavy atom. The zero-order chi connectivity index (χ0) is 23.1. The van der Waals surface area contributed by atoms with Crippen LogP contribution in [0.2, 0.25) is 0 Å². The predicted octanol–water partition coefficient (Wildman–Crippen LogP) is 6.96.